The highest BCUT2D eigenvalue weighted by Crippen LogP contribution is 2.16. The second kappa shape index (κ2) is 7.13. The van der Waals surface area contributed by atoms with Gasteiger partial charge in [-0.25, -0.2) is 9.38 Å². The highest BCUT2D eigenvalue weighted by molar-refractivity contribution is 5.78. The molecule has 2 N–H and O–H groups in total. The van der Waals surface area contributed by atoms with Crippen molar-refractivity contribution in [2.24, 2.45) is 10.7 Å². The van der Waals surface area contributed by atoms with E-state index in [0.717, 1.165) is 18.7 Å². The Hall–Kier alpha value is -2.56. The lowest BCUT2D eigenvalue weighted by molar-refractivity contribution is 0.295. The molecule has 0 saturated carbocycles. The summed E-state index contributed by atoms with van der Waals surface area (Å²) in [5.41, 5.74) is 7.51. The SMILES string of the molecule is NC(=NCc1ccc(OCc2ccccc2F)cc1)N1CCC1. The van der Waals surface area contributed by atoms with Crippen molar-refractivity contribution < 1.29 is 9.13 Å². The zero-order valence-corrected chi connectivity index (χ0v) is 12.9. The maximum atomic E-state index is 13.5. The normalized spacial score (nSPS) is 14.5. The lowest BCUT2D eigenvalue weighted by Gasteiger charge is -2.31. The van der Waals surface area contributed by atoms with Gasteiger partial charge in [-0.15, -0.1) is 0 Å². The van der Waals surface area contributed by atoms with Crippen molar-refractivity contribution in [3.05, 3.63) is 65.5 Å². The van der Waals surface area contributed by atoms with Crippen molar-refractivity contribution in [1.29, 1.82) is 0 Å². The maximum Gasteiger partial charge on any atom is 0.191 e. The standard InChI is InChI=1S/C18H20FN3O/c19-17-5-2-1-4-15(17)13-23-16-8-6-14(7-9-16)12-21-18(20)22-10-3-11-22/h1-2,4-9H,3,10-13H2,(H2,20,21). The molecule has 0 aromatic heterocycles. The molecule has 5 heteroatoms. The molecule has 2 aromatic carbocycles. The summed E-state index contributed by atoms with van der Waals surface area (Å²) in [4.78, 5) is 6.44. The predicted octanol–water partition coefficient (Wildman–Crippen LogP) is 2.93. The zero-order valence-electron chi connectivity index (χ0n) is 12.9. The fourth-order valence-electron chi connectivity index (χ4n) is 2.29. The van der Waals surface area contributed by atoms with E-state index in [0.29, 0.717) is 23.8 Å². The van der Waals surface area contributed by atoms with E-state index in [1.807, 2.05) is 24.3 Å². The molecule has 0 unspecified atom stereocenters. The van der Waals surface area contributed by atoms with Crippen LogP contribution < -0.4 is 10.5 Å². The molecule has 2 aromatic rings. The first-order chi connectivity index (χ1) is 11.2. The van der Waals surface area contributed by atoms with E-state index in [1.165, 1.54) is 12.5 Å². The van der Waals surface area contributed by atoms with Crippen LogP contribution in [0.4, 0.5) is 4.39 Å². The summed E-state index contributed by atoms with van der Waals surface area (Å²) in [6.45, 7) is 2.76. The Morgan fingerprint density at radius 1 is 1.13 bits per heavy atom. The summed E-state index contributed by atoms with van der Waals surface area (Å²) in [5, 5.41) is 0. The molecule has 1 heterocycles. The van der Waals surface area contributed by atoms with Gasteiger partial charge in [-0.05, 0) is 30.2 Å². The summed E-state index contributed by atoms with van der Waals surface area (Å²) in [6, 6.07) is 14.2. The summed E-state index contributed by atoms with van der Waals surface area (Å²) >= 11 is 0. The van der Waals surface area contributed by atoms with Crippen LogP contribution in [0, 0.1) is 5.82 Å². The number of benzene rings is 2. The molecule has 1 fully saturated rings. The topological polar surface area (TPSA) is 50.9 Å². The van der Waals surface area contributed by atoms with E-state index < -0.39 is 0 Å². The van der Waals surface area contributed by atoms with E-state index >= 15 is 0 Å². The van der Waals surface area contributed by atoms with Crippen LogP contribution in [0.25, 0.3) is 0 Å². The number of ether oxygens (including phenoxy) is 1. The fraction of sp³-hybridized carbons (Fsp3) is 0.278. The third-order valence-electron chi connectivity index (χ3n) is 3.88. The van der Waals surface area contributed by atoms with Gasteiger partial charge in [0.1, 0.15) is 18.2 Å². The van der Waals surface area contributed by atoms with Gasteiger partial charge in [0.2, 0.25) is 0 Å². The molecule has 120 valence electrons. The molecule has 3 rings (SSSR count). The minimum Gasteiger partial charge on any atom is -0.489 e. The van der Waals surface area contributed by atoms with Crippen LogP contribution in [0.2, 0.25) is 0 Å². The predicted molar refractivity (Wildman–Crippen MR) is 88.7 cm³/mol. The minimum absolute atomic E-state index is 0.214. The van der Waals surface area contributed by atoms with Crippen LogP contribution in [0.3, 0.4) is 0 Å². The monoisotopic (exact) mass is 313 g/mol. The van der Waals surface area contributed by atoms with Gasteiger partial charge in [0, 0.05) is 18.7 Å². The number of likely N-dealkylation sites (tertiary alicyclic amines) is 1. The number of guanidine groups is 1. The lowest BCUT2D eigenvalue weighted by Crippen LogP contribution is -2.46. The van der Waals surface area contributed by atoms with Gasteiger partial charge in [0.15, 0.2) is 5.96 Å². The molecule has 0 atom stereocenters. The quantitative estimate of drug-likeness (QED) is 0.682. The number of hydrogen-bond donors (Lipinski definition) is 1. The molecule has 0 radical (unpaired) electrons. The van der Waals surface area contributed by atoms with E-state index in [2.05, 4.69) is 9.89 Å². The maximum absolute atomic E-state index is 13.5. The largest absolute Gasteiger partial charge is 0.489 e. The van der Waals surface area contributed by atoms with Crippen LogP contribution in [0.1, 0.15) is 17.5 Å². The number of aliphatic imine (C=N–C) groups is 1. The van der Waals surface area contributed by atoms with Gasteiger partial charge in [-0.1, -0.05) is 30.3 Å². The van der Waals surface area contributed by atoms with Crippen molar-refractivity contribution in [2.45, 2.75) is 19.6 Å². The second-order valence-corrected chi connectivity index (χ2v) is 5.54. The second-order valence-electron chi connectivity index (χ2n) is 5.54. The number of rotatable bonds is 5. The smallest absolute Gasteiger partial charge is 0.191 e. The molecule has 1 saturated heterocycles. The lowest BCUT2D eigenvalue weighted by atomic mass is 10.2. The van der Waals surface area contributed by atoms with Gasteiger partial charge in [0.05, 0.1) is 6.54 Å². The van der Waals surface area contributed by atoms with Gasteiger partial charge >= 0.3 is 0 Å². The highest BCUT2D eigenvalue weighted by atomic mass is 19.1. The van der Waals surface area contributed by atoms with Crippen molar-refractivity contribution in [1.82, 2.24) is 4.90 Å². The Labute approximate surface area is 135 Å². The van der Waals surface area contributed by atoms with Gasteiger partial charge < -0.3 is 15.4 Å². The molecule has 0 bridgehead atoms. The molecule has 23 heavy (non-hydrogen) atoms. The first-order valence-electron chi connectivity index (χ1n) is 7.72. The van der Waals surface area contributed by atoms with Crippen molar-refractivity contribution in [3.63, 3.8) is 0 Å². The molecular formula is C18H20FN3O. The first kappa shape index (κ1) is 15.3. The number of nitrogens with zero attached hydrogens (tertiary/aromatic N) is 2. The Morgan fingerprint density at radius 3 is 2.52 bits per heavy atom. The van der Waals surface area contributed by atoms with E-state index in [4.69, 9.17) is 10.5 Å². The average Bonchev–Trinajstić information content (AvgIpc) is 2.51. The van der Waals surface area contributed by atoms with Crippen molar-refractivity contribution in [2.75, 3.05) is 13.1 Å². The third kappa shape index (κ3) is 4.00. The fourth-order valence-corrected chi connectivity index (χ4v) is 2.29. The van der Waals surface area contributed by atoms with Crippen LogP contribution >= 0.6 is 0 Å². The Balaban J connectivity index is 1.53. The number of nitrogens with two attached hydrogens (primary N) is 1. The Kier molecular flexibility index (Phi) is 4.76. The minimum atomic E-state index is -0.250. The van der Waals surface area contributed by atoms with Crippen LogP contribution in [0.15, 0.2) is 53.5 Å². The van der Waals surface area contributed by atoms with Gasteiger partial charge in [-0.3, -0.25) is 0 Å². The summed E-state index contributed by atoms with van der Waals surface area (Å²) in [6.07, 6.45) is 1.18. The van der Waals surface area contributed by atoms with E-state index in [-0.39, 0.29) is 12.4 Å². The molecule has 1 aliphatic heterocycles. The highest BCUT2D eigenvalue weighted by Gasteiger charge is 2.15. The van der Waals surface area contributed by atoms with Gasteiger partial charge in [0.25, 0.3) is 0 Å². The van der Waals surface area contributed by atoms with Crippen molar-refractivity contribution in [3.8, 4) is 5.75 Å². The summed E-state index contributed by atoms with van der Waals surface area (Å²) in [5.74, 6) is 1.06. The summed E-state index contributed by atoms with van der Waals surface area (Å²) < 4.78 is 19.1. The first-order valence-corrected chi connectivity index (χ1v) is 7.72. The molecule has 4 nitrogen and oxygen atoms in total. The number of halogens is 1. The van der Waals surface area contributed by atoms with Crippen molar-refractivity contribution >= 4 is 5.96 Å². The van der Waals surface area contributed by atoms with E-state index in [9.17, 15) is 4.39 Å². The zero-order chi connectivity index (χ0) is 16.1. The Bertz CT molecular complexity index is 681. The molecule has 0 spiro atoms. The summed E-state index contributed by atoms with van der Waals surface area (Å²) in [7, 11) is 0. The average molecular weight is 313 g/mol. The van der Waals surface area contributed by atoms with E-state index in [1.54, 1.807) is 18.2 Å². The Morgan fingerprint density at radius 2 is 1.87 bits per heavy atom. The number of hydrogen-bond acceptors (Lipinski definition) is 2. The molecule has 0 amide bonds. The molecule has 1 aliphatic rings. The third-order valence-corrected chi connectivity index (χ3v) is 3.88. The van der Waals surface area contributed by atoms with Crippen LogP contribution in [-0.4, -0.2) is 23.9 Å². The van der Waals surface area contributed by atoms with Crippen LogP contribution in [-0.2, 0) is 13.2 Å². The molecular weight excluding hydrogens is 293 g/mol. The van der Waals surface area contributed by atoms with Gasteiger partial charge in [-0.2, -0.15) is 0 Å². The molecule has 0 aliphatic carbocycles. The van der Waals surface area contributed by atoms with Crippen LogP contribution in [0.5, 0.6) is 5.75 Å².